The molecule has 0 unspecified atom stereocenters. The van der Waals surface area contributed by atoms with E-state index in [0.29, 0.717) is 13.2 Å². The van der Waals surface area contributed by atoms with Crippen LogP contribution in [0, 0.1) is 0 Å². The van der Waals surface area contributed by atoms with Crippen LogP contribution in [0.1, 0.15) is 12.0 Å². The van der Waals surface area contributed by atoms with Gasteiger partial charge in [0.05, 0.1) is 19.8 Å². The molecule has 1 N–H and O–H groups in total. The first kappa shape index (κ1) is 18.4. The first-order valence-electron chi connectivity index (χ1n) is 9.05. The van der Waals surface area contributed by atoms with E-state index < -0.39 is 0 Å². The average molecular weight is 358 g/mol. The van der Waals surface area contributed by atoms with Crippen molar-refractivity contribution in [3.8, 4) is 5.75 Å². The summed E-state index contributed by atoms with van der Waals surface area (Å²) >= 11 is 0. The largest absolute Gasteiger partial charge is 0.494 e. The van der Waals surface area contributed by atoms with Gasteiger partial charge in [-0.3, -0.25) is 14.4 Å². The van der Waals surface area contributed by atoms with Crippen molar-refractivity contribution in [1.82, 2.24) is 20.0 Å². The fourth-order valence-electron chi connectivity index (χ4n) is 2.80. The quantitative estimate of drug-likeness (QED) is 0.685. The number of nitrogens with zero attached hydrogens (tertiary/aromatic N) is 3. The van der Waals surface area contributed by atoms with Crippen LogP contribution >= 0.6 is 0 Å². The highest BCUT2D eigenvalue weighted by molar-refractivity contribution is 5.75. The lowest BCUT2D eigenvalue weighted by Crippen LogP contribution is -2.35. The van der Waals surface area contributed by atoms with Crippen LogP contribution in [0.5, 0.6) is 5.75 Å². The number of carbonyl (C=O) groups is 1. The molecule has 1 fully saturated rings. The number of hydrogen-bond donors (Lipinski definition) is 1. The van der Waals surface area contributed by atoms with Crippen LogP contribution in [0.15, 0.2) is 42.7 Å². The van der Waals surface area contributed by atoms with Gasteiger partial charge in [-0.1, -0.05) is 12.1 Å². The molecule has 1 aliphatic heterocycles. The maximum atomic E-state index is 11.7. The fraction of sp³-hybridized carbons (Fsp3) is 0.474. The molecule has 140 valence electrons. The Morgan fingerprint density at radius 3 is 2.77 bits per heavy atom. The highest BCUT2D eigenvalue weighted by Crippen LogP contribution is 2.14. The van der Waals surface area contributed by atoms with Crippen LogP contribution < -0.4 is 10.1 Å². The molecule has 26 heavy (non-hydrogen) atoms. The molecule has 1 aromatic heterocycles. The first-order chi connectivity index (χ1) is 12.8. The Kier molecular flexibility index (Phi) is 7.04. The lowest BCUT2D eigenvalue weighted by Gasteiger charge is -2.26. The number of amides is 1. The maximum Gasteiger partial charge on any atom is 0.241 e. The van der Waals surface area contributed by atoms with Crippen molar-refractivity contribution in [2.45, 2.75) is 19.5 Å². The van der Waals surface area contributed by atoms with Crippen LogP contribution in [0.4, 0.5) is 0 Å². The molecule has 1 aromatic carbocycles. The SMILES string of the molecule is O=C(Cn1cccn1)NCCCOc1ccc(CN2CCOCC2)cc1. The third kappa shape index (κ3) is 6.16. The highest BCUT2D eigenvalue weighted by atomic mass is 16.5. The Morgan fingerprint density at radius 1 is 1.23 bits per heavy atom. The molecular formula is C19H26N4O3. The summed E-state index contributed by atoms with van der Waals surface area (Å²) in [6.07, 6.45) is 4.19. The van der Waals surface area contributed by atoms with Gasteiger partial charge in [-0.15, -0.1) is 0 Å². The van der Waals surface area contributed by atoms with Crippen LogP contribution in [0.2, 0.25) is 0 Å². The molecular weight excluding hydrogens is 332 g/mol. The molecule has 0 spiro atoms. The summed E-state index contributed by atoms with van der Waals surface area (Å²) in [6, 6.07) is 10.0. The van der Waals surface area contributed by atoms with E-state index >= 15 is 0 Å². The second kappa shape index (κ2) is 9.94. The van der Waals surface area contributed by atoms with Crippen molar-refractivity contribution in [3.63, 3.8) is 0 Å². The van der Waals surface area contributed by atoms with Gasteiger partial charge in [-0.25, -0.2) is 0 Å². The molecule has 0 atom stereocenters. The minimum absolute atomic E-state index is 0.0406. The van der Waals surface area contributed by atoms with Gasteiger partial charge in [0.15, 0.2) is 0 Å². The summed E-state index contributed by atoms with van der Waals surface area (Å²) in [7, 11) is 0. The van der Waals surface area contributed by atoms with E-state index in [9.17, 15) is 4.79 Å². The molecule has 0 bridgehead atoms. The Hall–Kier alpha value is -2.38. The molecule has 2 aromatic rings. The molecule has 7 heteroatoms. The second-order valence-corrected chi connectivity index (χ2v) is 6.29. The van der Waals surface area contributed by atoms with E-state index in [1.807, 2.05) is 12.1 Å². The molecule has 1 aliphatic rings. The second-order valence-electron chi connectivity index (χ2n) is 6.29. The molecule has 7 nitrogen and oxygen atoms in total. The summed E-state index contributed by atoms with van der Waals surface area (Å²) in [5.74, 6) is 0.819. The van der Waals surface area contributed by atoms with Gasteiger partial charge >= 0.3 is 0 Å². The number of morpholine rings is 1. The zero-order valence-corrected chi connectivity index (χ0v) is 15.0. The molecule has 1 amide bonds. The molecule has 0 radical (unpaired) electrons. The number of rotatable bonds is 9. The average Bonchev–Trinajstić information content (AvgIpc) is 3.16. The standard InChI is InChI=1S/C19H26N4O3/c24-19(16-23-9-1-8-21-23)20-7-2-12-26-18-5-3-17(4-6-18)15-22-10-13-25-14-11-22/h1,3-6,8-9H,2,7,10-16H2,(H,20,24). The van der Waals surface area contributed by atoms with Crippen LogP contribution in [0.3, 0.4) is 0 Å². The molecule has 3 rings (SSSR count). The van der Waals surface area contributed by atoms with Crippen molar-refractivity contribution in [3.05, 3.63) is 48.3 Å². The van der Waals surface area contributed by atoms with Crippen LogP contribution in [-0.2, 0) is 22.6 Å². The lowest BCUT2D eigenvalue weighted by atomic mass is 10.2. The third-order valence-electron chi connectivity index (χ3n) is 4.21. The van der Waals surface area contributed by atoms with Crippen molar-refractivity contribution in [2.75, 3.05) is 39.5 Å². The Morgan fingerprint density at radius 2 is 2.04 bits per heavy atom. The molecule has 1 saturated heterocycles. The van der Waals surface area contributed by atoms with Gasteiger partial charge < -0.3 is 14.8 Å². The Labute approximate surface area is 153 Å². The van der Waals surface area contributed by atoms with Gasteiger partial charge in [-0.2, -0.15) is 5.10 Å². The predicted molar refractivity (Wildman–Crippen MR) is 97.9 cm³/mol. The van der Waals surface area contributed by atoms with E-state index in [1.54, 1.807) is 23.1 Å². The van der Waals surface area contributed by atoms with Crippen LogP contribution in [-0.4, -0.2) is 60.0 Å². The van der Waals surface area contributed by atoms with Gasteiger partial charge in [-0.05, 0) is 30.2 Å². The normalized spacial score (nSPS) is 14.9. The minimum Gasteiger partial charge on any atom is -0.494 e. The van der Waals surface area contributed by atoms with Gasteiger partial charge in [0, 0.05) is 38.6 Å². The number of nitrogens with one attached hydrogen (secondary N) is 1. The number of benzene rings is 1. The van der Waals surface area contributed by atoms with Crippen molar-refractivity contribution < 1.29 is 14.3 Å². The monoisotopic (exact) mass is 358 g/mol. The fourth-order valence-corrected chi connectivity index (χ4v) is 2.80. The molecule has 0 saturated carbocycles. The zero-order valence-electron chi connectivity index (χ0n) is 15.0. The van der Waals surface area contributed by atoms with Crippen molar-refractivity contribution >= 4 is 5.91 Å². The highest BCUT2D eigenvalue weighted by Gasteiger charge is 2.10. The third-order valence-corrected chi connectivity index (χ3v) is 4.21. The van der Waals surface area contributed by atoms with E-state index in [-0.39, 0.29) is 12.5 Å². The van der Waals surface area contributed by atoms with Crippen molar-refractivity contribution in [2.24, 2.45) is 0 Å². The summed E-state index contributed by atoms with van der Waals surface area (Å²) in [6.45, 7) is 5.98. The minimum atomic E-state index is -0.0406. The van der Waals surface area contributed by atoms with E-state index in [2.05, 4.69) is 27.4 Å². The summed E-state index contributed by atoms with van der Waals surface area (Å²) in [5, 5.41) is 6.87. The van der Waals surface area contributed by atoms with E-state index in [0.717, 1.165) is 45.0 Å². The van der Waals surface area contributed by atoms with Gasteiger partial charge in [0.2, 0.25) is 5.91 Å². The topological polar surface area (TPSA) is 68.6 Å². The first-order valence-corrected chi connectivity index (χ1v) is 9.05. The maximum absolute atomic E-state index is 11.7. The Bertz CT molecular complexity index is 652. The number of ether oxygens (including phenoxy) is 2. The van der Waals surface area contributed by atoms with Gasteiger partial charge in [0.1, 0.15) is 12.3 Å². The Balaban J connectivity index is 1.29. The molecule has 2 heterocycles. The lowest BCUT2D eigenvalue weighted by molar-refractivity contribution is -0.121. The predicted octanol–water partition coefficient (Wildman–Crippen LogP) is 1.30. The van der Waals surface area contributed by atoms with E-state index in [1.165, 1.54) is 5.56 Å². The smallest absolute Gasteiger partial charge is 0.241 e. The van der Waals surface area contributed by atoms with Crippen molar-refractivity contribution in [1.29, 1.82) is 0 Å². The van der Waals surface area contributed by atoms with Crippen LogP contribution in [0.25, 0.3) is 0 Å². The molecule has 0 aliphatic carbocycles. The summed E-state index contributed by atoms with van der Waals surface area (Å²) in [4.78, 5) is 14.1. The number of hydrogen-bond acceptors (Lipinski definition) is 5. The summed E-state index contributed by atoms with van der Waals surface area (Å²) in [5.41, 5.74) is 1.28. The summed E-state index contributed by atoms with van der Waals surface area (Å²) < 4.78 is 12.7. The number of carbonyl (C=O) groups excluding carboxylic acids is 1. The van der Waals surface area contributed by atoms with Gasteiger partial charge in [0.25, 0.3) is 0 Å². The number of aromatic nitrogens is 2. The van der Waals surface area contributed by atoms with E-state index in [4.69, 9.17) is 9.47 Å². The zero-order chi connectivity index (χ0) is 18.0.